The van der Waals surface area contributed by atoms with Gasteiger partial charge in [-0.15, -0.1) is 0 Å². The number of aromatic nitrogens is 1. The fourth-order valence-corrected chi connectivity index (χ4v) is 3.14. The third-order valence-corrected chi connectivity index (χ3v) is 4.45. The van der Waals surface area contributed by atoms with Crippen molar-refractivity contribution in [2.24, 2.45) is 0 Å². The number of hydrogen-bond acceptors (Lipinski definition) is 3. The summed E-state index contributed by atoms with van der Waals surface area (Å²) in [5.74, 6) is 1.13. The van der Waals surface area contributed by atoms with Crippen molar-refractivity contribution in [3.8, 4) is 11.3 Å². The van der Waals surface area contributed by atoms with E-state index >= 15 is 0 Å². The van der Waals surface area contributed by atoms with Crippen molar-refractivity contribution >= 4 is 23.2 Å². The molecule has 0 bridgehead atoms. The van der Waals surface area contributed by atoms with Crippen LogP contribution in [-0.2, 0) is 11.2 Å². The largest absolute Gasteiger partial charge is 0.441 e. The van der Waals surface area contributed by atoms with Crippen molar-refractivity contribution in [1.82, 2.24) is 4.98 Å². The lowest BCUT2D eigenvalue weighted by atomic mass is 10.1. The Morgan fingerprint density at radius 1 is 1.12 bits per heavy atom. The van der Waals surface area contributed by atoms with Gasteiger partial charge in [0.2, 0.25) is 5.91 Å². The van der Waals surface area contributed by atoms with Gasteiger partial charge in [0.15, 0.2) is 11.7 Å². The van der Waals surface area contributed by atoms with Crippen LogP contribution in [0.5, 0.6) is 0 Å². The molecule has 0 atom stereocenters. The highest BCUT2D eigenvalue weighted by atomic mass is 35.5. The van der Waals surface area contributed by atoms with Gasteiger partial charge in [0.1, 0.15) is 0 Å². The molecule has 0 fully saturated rings. The lowest BCUT2D eigenvalue weighted by molar-refractivity contribution is -0.116. The molecule has 4 nitrogen and oxygen atoms in total. The summed E-state index contributed by atoms with van der Waals surface area (Å²) in [6.07, 6.45) is 2.40. The predicted octanol–water partition coefficient (Wildman–Crippen LogP) is 5.49. The molecular formula is C21H21ClN2O2. The molecule has 0 aliphatic heterocycles. The summed E-state index contributed by atoms with van der Waals surface area (Å²) in [5, 5.41) is 3.43. The quantitative estimate of drug-likeness (QED) is 0.647. The van der Waals surface area contributed by atoms with Gasteiger partial charge in [0.25, 0.3) is 0 Å². The third-order valence-electron chi connectivity index (χ3n) is 4.15. The standard InChI is InChI=1S/C21H21ClN2O2/c1-13-4-6-16(7-5-13)18-12-23-20(26-18)9-8-19(25)24-21-15(3)10-14(2)11-17(21)22/h4-7,10-12H,8-9H2,1-3H3,(H,24,25). The maximum absolute atomic E-state index is 12.3. The van der Waals surface area contributed by atoms with Crippen LogP contribution >= 0.6 is 11.6 Å². The monoisotopic (exact) mass is 368 g/mol. The molecule has 1 N–H and O–H groups in total. The van der Waals surface area contributed by atoms with E-state index in [4.69, 9.17) is 16.0 Å². The molecule has 1 amide bonds. The Labute approximate surface area is 158 Å². The Bertz CT molecular complexity index is 906. The molecule has 1 aromatic heterocycles. The van der Waals surface area contributed by atoms with Gasteiger partial charge < -0.3 is 9.73 Å². The second-order valence-corrected chi connectivity index (χ2v) is 6.88. The van der Waals surface area contributed by atoms with Gasteiger partial charge in [0.05, 0.1) is 16.9 Å². The summed E-state index contributed by atoms with van der Waals surface area (Å²) in [5.41, 5.74) is 4.83. The smallest absolute Gasteiger partial charge is 0.224 e. The first-order valence-corrected chi connectivity index (χ1v) is 8.88. The molecule has 26 heavy (non-hydrogen) atoms. The van der Waals surface area contributed by atoms with E-state index in [1.54, 1.807) is 6.20 Å². The Morgan fingerprint density at radius 3 is 2.54 bits per heavy atom. The SMILES string of the molecule is Cc1ccc(-c2cnc(CCC(=O)Nc3c(C)cc(C)cc3Cl)o2)cc1. The van der Waals surface area contributed by atoms with E-state index < -0.39 is 0 Å². The maximum atomic E-state index is 12.3. The zero-order chi connectivity index (χ0) is 18.7. The first-order chi connectivity index (χ1) is 12.4. The molecular weight excluding hydrogens is 348 g/mol. The molecule has 1 heterocycles. The lowest BCUT2D eigenvalue weighted by Crippen LogP contribution is -2.13. The zero-order valence-corrected chi connectivity index (χ0v) is 15.9. The summed E-state index contributed by atoms with van der Waals surface area (Å²) in [4.78, 5) is 16.5. The van der Waals surface area contributed by atoms with E-state index in [1.165, 1.54) is 5.56 Å². The number of rotatable bonds is 5. The topological polar surface area (TPSA) is 55.1 Å². The number of aryl methyl sites for hydroxylation is 4. The second-order valence-electron chi connectivity index (χ2n) is 6.47. The predicted molar refractivity (Wildman–Crippen MR) is 105 cm³/mol. The summed E-state index contributed by atoms with van der Waals surface area (Å²) in [6.45, 7) is 5.94. The van der Waals surface area contributed by atoms with Gasteiger partial charge in [0, 0.05) is 18.4 Å². The average molecular weight is 369 g/mol. The number of carbonyl (C=O) groups excluding carboxylic acids is 1. The van der Waals surface area contributed by atoms with Crippen LogP contribution in [0.15, 0.2) is 47.0 Å². The first kappa shape index (κ1) is 18.2. The van der Waals surface area contributed by atoms with Gasteiger partial charge in [-0.2, -0.15) is 0 Å². The van der Waals surface area contributed by atoms with E-state index in [2.05, 4.69) is 10.3 Å². The molecule has 5 heteroatoms. The molecule has 134 valence electrons. The van der Waals surface area contributed by atoms with Crippen molar-refractivity contribution < 1.29 is 9.21 Å². The van der Waals surface area contributed by atoms with Gasteiger partial charge in [-0.25, -0.2) is 4.98 Å². The molecule has 2 aromatic carbocycles. The van der Waals surface area contributed by atoms with Crippen LogP contribution in [-0.4, -0.2) is 10.9 Å². The average Bonchev–Trinajstić information content (AvgIpc) is 3.06. The minimum absolute atomic E-state index is 0.117. The van der Waals surface area contributed by atoms with Crippen LogP contribution in [0, 0.1) is 20.8 Å². The number of amides is 1. The van der Waals surface area contributed by atoms with Crippen molar-refractivity contribution in [2.45, 2.75) is 33.6 Å². The number of nitrogens with one attached hydrogen (secondary N) is 1. The van der Waals surface area contributed by atoms with Crippen molar-refractivity contribution in [3.05, 3.63) is 70.2 Å². The lowest BCUT2D eigenvalue weighted by Gasteiger charge is -2.11. The fourth-order valence-electron chi connectivity index (χ4n) is 2.77. The Hall–Kier alpha value is -2.59. The van der Waals surface area contributed by atoms with Crippen LogP contribution < -0.4 is 5.32 Å². The molecule has 3 rings (SSSR count). The number of oxazole rings is 1. The highest BCUT2D eigenvalue weighted by Crippen LogP contribution is 2.27. The van der Waals surface area contributed by atoms with Crippen molar-refractivity contribution in [1.29, 1.82) is 0 Å². The molecule has 0 saturated heterocycles. The molecule has 3 aromatic rings. The van der Waals surface area contributed by atoms with Gasteiger partial charge in [-0.3, -0.25) is 4.79 Å². The third kappa shape index (κ3) is 4.33. The van der Waals surface area contributed by atoms with Gasteiger partial charge in [-0.05, 0) is 38.0 Å². The number of benzene rings is 2. The maximum Gasteiger partial charge on any atom is 0.224 e. The summed E-state index contributed by atoms with van der Waals surface area (Å²) in [6, 6.07) is 11.9. The summed E-state index contributed by atoms with van der Waals surface area (Å²) < 4.78 is 5.76. The van der Waals surface area contributed by atoms with Crippen LogP contribution in [0.25, 0.3) is 11.3 Å². The minimum atomic E-state index is -0.117. The highest BCUT2D eigenvalue weighted by Gasteiger charge is 2.12. The van der Waals surface area contributed by atoms with Crippen LogP contribution in [0.4, 0.5) is 5.69 Å². The van der Waals surface area contributed by atoms with Crippen LogP contribution in [0.1, 0.15) is 29.0 Å². The van der Waals surface area contributed by atoms with Gasteiger partial charge in [-0.1, -0.05) is 47.5 Å². The van der Waals surface area contributed by atoms with Crippen molar-refractivity contribution in [3.63, 3.8) is 0 Å². The molecule has 0 aliphatic rings. The minimum Gasteiger partial charge on any atom is -0.441 e. The number of nitrogens with zero attached hydrogens (tertiary/aromatic N) is 1. The van der Waals surface area contributed by atoms with E-state index in [0.717, 1.165) is 16.7 Å². The van der Waals surface area contributed by atoms with E-state index in [9.17, 15) is 4.79 Å². The molecule has 0 radical (unpaired) electrons. The van der Waals surface area contributed by atoms with E-state index in [-0.39, 0.29) is 12.3 Å². The molecule has 0 spiro atoms. The molecule has 0 unspecified atom stereocenters. The Balaban J connectivity index is 1.61. The number of hydrogen-bond donors (Lipinski definition) is 1. The highest BCUT2D eigenvalue weighted by molar-refractivity contribution is 6.34. The number of anilines is 1. The van der Waals surface area contributed by atoms with Crippen LogP contribution in [0.2, 0.25) is 5.02 Å². The van der Waals surface area contributed by atoms with E-state index in [0.29, 0.717) is 28.8 Å². The zero-order valence-electron chi connectivity index (χ0n) is 15.1. The van der Waals surface area contributed by atoms with Crippen LogP contribution in [0.3, 0.4) is 0 Å². The summed E-state index contributed by atoms with van der Waals surface area (Å²) in [7, 11) is 0. The van der Waals surface area contributed by atoms with Crippen molar-refractivity contribution in [2.75, 3.05) is 5.32 Å². The second kappa shape index (κ2) is 7.75. The Morgan fingerprint density at radius 2 is 1.85 bits per heavy atom. The van der Waals surface area contributed by atoms with E-state index in [1.807, 2.05) is 57.2 Å². The fraction of sp³-hybridized carbons (Fsp3) is 0.238. The normalized spacial score (nSPS) is 10.8. The first-order valence-electron chi connectivity index (χ1n) is 8.51. The Kier molecular flexibility index (Phi) is 5.43. The number of halogens is 1. The summed E-state index contributed by atoms with van der Waals surface area (Å²) >= 11 is 6.23. The molecule has 0 aliphatic carbocycles. The number of carbonyl (C=O) groups is 1. The van der Waals surface area contributed by atoms with Gasteiger partial charge >= 0.3 is 0 Å². The molecule has 0 saturated carbocycles.